The van der Waals surface area contributed by atoms with Crippen LogP contribution in [-0.4, -0.2) is 44.3 Å². The first-order valence-electron chi connectivity index (χ1n) is 4.28. The number of hydrogen-bond acceptors (Lipinski definition) is 4. The third-order valence-electron chi connectivity index (χ3n) is 2.36. The van der Waals surface area contributed by atoms with Crippen LogP contribution in [-0.2, 0) is 9.53 Å². The van der Waals surface area contributed by atoms with Gasteiger partial charge in [0.1, 0.15) is 0 Å². The van der Waals surface area contributed by atoms with Crippen LogP contribution < -0.4 is 11.2 Å². The molecule has 1 heterocycles. The number of ether oxygens (including phenoxy) is 1. The predicted octanol–water partition coefficient (Wildman–Crippen LogP) is -1.06. The highest BCUT2D eigenvalue weighted by molar-refractivity contribution is 5.83. The molecule has 1 amide bonds. The number of nitrogens with zero attached hydrogens (tertiary/aromatic N) is 1. The number of amides is 1. The predicted molar refractivity (Wildman–Crippen MR) is 48.7 cm³/mol. The molecule has 1 saturated heterocycles. The van der Waals surface area contributed by atoms with Gasteiger partial charge in [-0.2, -0.15) is 0 Å². The maximum Gasteiger partial charge on any atom is 0.244 e. The Hall–Kier alpha value is -0.650. The molecule has 2 atom stereocenters. The number of rotatable bonds is 2. The normalized spacial score (nSPS) is 33.8. The Morgan fingerprint density at radius 3 is 2.69 bits per heavy atom. The SMILES string of the molecule is CN(C)NC(=O)C1(C)COCC1N. The molecule has 0 spiro atoms. The third kappa shape index (κ3) is 1.99. The van der Waals surface area contributed by atoms with Gasteiger partial charge in [0.25, 0.3) is 0 Å². The van der Waals surface area contributed by atoms with Crippen LogP contribution in [0.25, 0.3) is 0 Å². The van der Waals surface area contributed by atoms with E-state index in [0.717, 1.165) is 0 Å². The molecular weight excluding hydrogens is 170 g/mol. The summed E-state index contributed by atoms with van der Waals surface area (Å²) < 4.78 is 5.17. The van der Waals surface area contributed by atoms with Crippen molar-refractivity contribution in [2.24, 2.45) is 11.1 Å². The van der Waals surface area contributed by atoms with Gasteiger partial charge >= 0.3 is 0 Å². The van der Waals surface area contributed by atoms with Crippen molar-refractivity contribution >= 4 is 5.91 Å². The highest BCUT2D eigenvalue weighted by Crippen LogP contribution is 2.26. The van der Waals surface area contributed by atoms with E-state index in [1.165, 1.54) is 0 Å². The van der Waals surface area contributed by atoms with Crippen molar-refractivity contribution in [1.29, 1.82) is 0 Å². The van der Waals surface area contributed by atoms with Crippen molar-refractivity contribution in [2.45, 2.75) is 13.0 Å². The van der Waals surface area contributed by atoms with Crippen molar-refractivity contribution in [3.63, 3.8) is 0 Å². The molecule has 0 aromatic carbocycles. The summed E-state index contributed by atoms with van der Waals surface area (Å²) in [7, 11) is 3.53. The van der Waals surface area contributed by atoms with E-state index in [-0.39, 0.29) is 11.9 Å². The van der Waals surface area contributed by atoms with Gasteiger partial charge in [0.15, 0.2) is 0 Å². The molecule has 0 bridgehead atoms. The lowest BCUT2D eigenvalue weighted by atomic mass is 9.85. The molecule has 76 valence electrons. The van der Waals surface area contributed by atoms with E-state index in [1.54, 1.807) is 19.1 Å². The topological polar surface area (TPSA) is 67.6 Å². The summed E-state index contributed by atoms with van der Waals surface area (Å²) in [5.41, 5.74) is 7.88. The fourth-order valence-corrected chi connectivity index (χ4v) is 1.25. The molecule has 0 aliphatic carbocycles. The fourth-order valence-electron chi connectivity index (χ4n) is 1.25. The Morgan fingerprint density at radius 1 is 1.69 bits per heavy atom. The first kappa shape index (κ1) is 10.4. The van der Waals surface area contributed by atoms with Crippen LogP contribution in [0.3, 0.4) is 0 Å². The first-order valence-corrected chi connectivity index (χ1v) is 4.28. The zero-order valence-electron chi connectivity index (χ0n) is 8.33. The molecule has 1 aliphatic heterocycles. The highest BCUT2D eigenvalue weighted by Gasteiger charge is 2.44. The Balaban J connectivity index is 2.63. The number of carbonyl (C=O) groups is 1. The number of nitrogens with one attached hydrogen (secondary N) is 1. The summed E-state index contributed by atoms with van der Waals surface area (Å²) in [6.45, 7) is 2.68. The van der Waals surface area contributed by atoms with E-state index in [1.807, 2.05) is 6.92 Å². The monoisotopic (exact) mass is 187 g/mol. The van der Waals surface area contributed by atoms with Crippen LogP contribution in [0.15, 0.2) is 0 Å². The standard InChI is InChI=1S/C8H17N3O2/c1-8(5-13-4-6(8)9)7(12)10-11(2)3/h6H,4-5,9H2,1-3H3,(H,10,12). The van der Waals surface area contributed by atoms with Crippen molar-refractivity contribution in [3.05, 3.63) is 0 Å². The first-order chi connectivity index (χ1) is 5.97. The van der Waals surface area contributed by atoms with Crippen LogP contribution in [0.4, 0.5) is 0 Å². The summed E-state index contributed by atoms with van der Waals surface area (Å²) >= 11 is 0. The Morgan fingerprint density at radius 2 is 2.31 bits per heavy atom. The van der Waals surface area contributed by atoms with E-state index in [0.29, 0.717) is 13.2 Å². The van der Waals surface area contributed by atoms with Gasteiger partial charge in [0.2, 0.25) is 5.91 Å². The molecule has 3 N–H and O–H groups in total. The number of nitrogens with two attached hydrogens (primary N) is 1. The zero-order valence-corrected chi connectivity index (χ0v) is 8.33. The van der Waals surface area contributed by atoms with Gasteiger partial charge in [-0.05, 0) is 6.92 Å². The molecule has 0 radical (unpaired) electrons. The van der Waals surface area contributed by atoms with Crippen LogP contribution in [0.2, 0.25) is 0 Å². The molecule has 2 unspecified atom stereocenters. The van der Waals surface area contributed by atoms with Crippen molar-refractivity contribution in [2.75, 3.05) is 27.3 Å². The molecular formula is C8H17N3O2. The fraction of sp³-hybridized carbons (Fsp3) is 0.875. The second-order valence-electron chi connectivity index (χ2n) is 3.87. The van der Waals surface area contributed by atoms with Gasteiger partial charge in [0, 0.05) is 20.1 Å². The lowest BCUT2D eigenvalue weighted by Crippen LogP contribution is -2.53. The van der Waals surface area contributed by atoms with E-state index < -0.39 is 5.41 Å². The molecule has 1 fully saturated rings. The van der Waals surface area contributed by atoms with Gasteiger partial charge in [-0.1, -0.05) is 0 Å². The molecule has 1 aliphatic rings. The van der Waals surface area contributed by atoms with Crippen LogP contribution in [0.1, 0.15) is 6.92 Å². The van der Waals surface area contributed by atoms with Crippen LogP contribution in [0.5, 0.6) is 0 Å². The molecule has 1 rings (SSSR count). The minimum Gasteiger partial charge on any atom is -0.379 e. The zero-order chi connectivity index (χ0) is 10.1. The summed E-state index contributed by atoms with van der Waals surface area (Å²) in [6, 6.07) is -0.215. The Labute approximate surface area is 78.2 Å². The lowest BCUT2D eigenvalue weighted by Gasteiger charge is -2.27. The smallest absolute Gasteiger partial charge is 0.244 e. The quantitative estimate of drug-likeness (QED) is 0.541. The van der Waals surface area contributed by atoms with Gasteiger partial charge in [0.05, 0.1) is 18.6 Å². The summed E-state index contributed by atoms with van der Waals surface area (Å²) in [5, 5.41) is 1.61. The van der Waals surface area contributed by atoms with E-state index in [4.69, 9.17) is 10.5 Å². The van der Waals surface area contributed by atoms with E-state index >= 15 is 0 Å². The second kappa shape index (κ2) is 3.61. The summed E-state index contributed by atoms with van der Waals surface area (Å²) in [4.78, 5) is 11.7. The number of carbonyl (C=O) groups excluding carboxylic acids is 1. The average molecular weight is 187 g/mol. The molecule has 13 heavy (non-hydrogen) atoms. The van der Waals surface area contributed by atoms with Crippen molar-refractivity contribution in [1.82, 2.24) is 10.4 Å². The number of hydrazine groups is 1. The molecule has 0 aromatic heterocycles. The number of hydrogen-bond donors (Lipinski definition) is 2. The Kier molecular flexibility index (Phi) is 2.90. The van der Waals surface area contributed by atoms with E-state index in [9.17, 15) is 4.79 Å². The third-order valence-corrected chi connectivity index (χ3v) is 2.36. The van der Waals surface area contributed by atoms with Gasteiger partial charge in [-0.15, -0.1) is 0 Å². The molecule has 0 aromatic rings. The average Bonchev–Trinajstić information content (AvgIpc) is 2.32. The molecule has 5 nitrogen and oxygen atoms in total. The second-order valence-corrected chi connectivity index (χ2v) is 3.87. The van der Waals surface area contributed by atoms with Crippen molar-refractivity contribution < 1.29 is 9.53 Å². The summed E-state index contributed by atoms with van der Waals surface area (Å²) in [6.07, 6.45) is 0. The molecule has 0 saturated carbocycles. The largest absolute Gasteiger partial charge is 0.379 e. The van der Waals surface area contributed by atoms with Gasteiger partial charge in [-0.25, -0.2) is 5.01 Å². The van der Waals surface area contributed by atoms with Crippen molar-refractivity contribution in [3.8, 4) is 0 Å². The maximum atomic E-state index is 11.7. The minimum atomic E-state index is -0.593. The maximum absolute atomic E-state index is 11.7. The molecule has 5 heteroatoms. The lowest BCUT2D eigenvalue weighted by molar-refractivity contribution is -0.134. The minimum absolute atomic E-state index is 0.0810. The van der Waals surface area contributed by atoms with Gasteiger partial charge < -0.3 is 10.5 Å². The highest BCUT2D eigenvalue weighted by atomic mass is 16.5. The van der Waals surface area contributed by atoms with E-state index in [2.05, 4.69) is 5.43 Å². The van der Waals surface area contributed by atoms with Crippen LogP contribution in [0, 0.1) is 5.41 Å². The van der Waals surface area contributed by atoms with Crippen LogP contribution >= 0.6 is 0 Å². The summed E-state index contributed by atoms with van der Waals surface area (Å²) in [5.74, 6) is -0.0810. The Bertz CT molecular complexity index is 208. The van der Waals surface area contributed by atoms with Gasteiger partial charge in [-0.3, -0.25) is 10.2 Å².